The summed E-state index contributed by atoms with van der Waals surface area (Å²) in [4.78, 5) is 13.6. The number of carbonyl (C=O) groups is 1. The number of carbonyl (C=O) groups excluding carboxylic acids is 1. The zero-order chi connectivity index (χ0) is 10.3. The van der Waals surface area contributed by atoms with Crippen LogP contribution in [-0.4, -0.2) is 36.2 Å². The van der Waals surface area contributed by atoms with Crippen molar-refractivity contribution in [2.45, 2.75) is 39.0 Å². The molecule has 4 heteroatoms. The van der Waals surface area contributed by atoms with Crippen molar-refractivity contribution in [1.29, 1.82) is 0 Å². The quantitative estimate of drug-likeness (QED) is 0.610. The molecule has 0 aromatic carbocycles. The number of nitrogens with two attached hydrogens (primary N) is 1. The van der Waals surface area contributed by atoms with Crippen molar-refractivity contribution in [3.8, 4) is 0 Å². The molecule has 2 N–H and O–H groups in total. The van der Waals surface area contributed by atoms with Gasteiger partial charge in [-0.3, -0.25) is 4.79 Å². The standard InChI is InChI=1S/C10H18N2O2/c1-10(2)5-8-12(6-10)9(13)7(11)3-4-14-8/h7-8H,3-6,11H2,1-2H3/t7-,8-/m0/s1. The van der Waals surface area contributed by atoms with Crippen LogP contribution in [0.2, 0.25) is 0 Å². The van der Waals surface area contributed by atoms with Crippen molar-refractivity contribution in [3.63, 3.8) is 0 Å². The summed E-state index contributed by atoms with van der Waals surface area (Å²) in [7, 11) is 0. The molecule has 0 unspecified atom stereocenters. The Morgan fingerprint density at radius 1 is 1.57 bits per heavy atom. The highest BCUT2D eigenvalue weighted by Crippen LogP contribution is 2.35. The van der Waals surface area contributed by atoms with Crippen molar-refractivity contribution in [2.24, 2.45) is 11.1 Å². The Bertz CT molecular complexity index is 253. The molecule has 0 aliphatic carbocycles. The molecule has 14 heavy (non-hydrogen) atoms. The summed E-state index contributed by atoms with van der Waals surface area (Å²) in [5.41, 5.74) is 5.92. The Morgan fingerprint density at radius 3 is 3.00 bits per heavy atom. The zero-order valence-corrected chi connectivity index (χ0v) is 8.82. The lowest BCUT2D eigenvalue weighted by molar-refractivity contribution is -0.138. The summed E-state index contributed by atoms with van der Waals surface area (Å²) in [5.74, 6) is 0.0538. The molecule has 2 atom stereocenters. The van der Waals surface area contributed by atoms with Gasteiger partial charge in [-0.1, -0.05) is 13.8 Å². The molecule has 2 heterocycles. The van der Waals surface area contributed by atoms with Crippen LogP contribution in [-0.2, 0) is 9.53 Å². The molecular weight excluding hydrogens is 180 g/mol. The van der Waals surface area contributed by atoms with Crippen molar-refractivity contribution in [1.82, 2.24) is 4.90 Å². The molecule has 80 valence electrons. The van der Waals surface area contributed by atoms with Gasteiger partial charge in [0.2, 0.25) is 5.91 Å². The predicted molar refractivity (Wildman–Crippen MR) is 52.4 cm³/mol. The topological polar surface area (TPSA) is 55.6 Å². The smallest absolute Gasteiger partial charge is 0.241 e. The highest BCUT2D eigenvalue weighted by Gasteiger charge is 2.43. The summed E-state index contributed by atoms with van der Waals surface area (Å²) in [6.45, 7) is 5.68. The van der Waals surface area contributed by atoms with Crippen LogP contribution in [0.5, 0.6) is 0 Å². The van der Waals surface area contributed by atoms with Crippen molar-refractivity contribution in [2.75, 3.05) is 13.2 Å². The second-order valence-corrected chi connectivity index (χ2v) is 5.06. The van der Waals surface area contributed by atoms with Crippen LogP contribution in [0, 0.1) is 5.41 Å². The van der Waals surface area contributed by atoms with E-state index in [2.05, 4.69) is 13.8 Å². The lowest BCUT2D eigenvalue weighted by Crippen LogP contribution is -2.44. The SMILES string of the molecule is CC1(C)C[C@@H]2OCC[C@H](N)C(=O)N2C1. The minimum atomic E-state index is -0.367. The van der Waals surface area contributed by atoms with Crippen LogP contribution in [0.3, 0.4) is 0 Å². The van der Waals surface area contributed by atoms with Gasteiger partial charge >= 0.3 is 0 Å². The lowest BCUT2D eigenvalue weighted by atomic mass is 9.92. The molecule has 0 radical (unpaired) electrons. The van der Waals surface area contributed by atoms with Crippen LogP contribution in [0.15, 0.2) is 0 Å². The van der Waals surface area contributed by atoms with Gasteiger partial charge in [0.15, 0.2) is 0 Å². The van der Waals surface area contributed by atoms with E-state index in [1.807, 2.05) is 0 Å². The molecule has 0 saturated carbocycles. The first-order chi connectivity index (χ1) is 6.49. The molecule has 2 aliphatic rings. The highest BCUT2D eigenvalue weighted by atomic mass is 16.5. The number of nitrogens with zero attached hydrogens (tertiary/aromatic N) is 1. The third-order valence-corrected chi connectivity index (χ3v) is 3.01. The van der Waals surface area contributed by atoms with E-state index < -0.39 is 0 Å². The molecule has 2 fully saturated rings. The van der Waals surface area contributed by atoms with Crippen LogP contribution in [0.25, 0.3) is 0 Å². The van der Waals surface area contributed by atoms with Crippen molar-refractivity contribution >= 4 is 5.91 Å². The third kappa shape index (κ3) is 1.64. The normalized spacial score (nSPS) is 36.8. The van der Waals surface area contributed by atoms with Crippen molar-refractivity contribution < 1.29 is 9.53 Å². The molecular formula is C10H18N2O2. The Morgan fingerprint density at radius 2 is 2.29 bits per heavy atom. The summed E-state index contributed by atoms with van der Waals surface area (Å²) < 4.78 is 5.63. The maximum Gasteiger partial charge on any atom is 0.241 e. The fraction of sp³-hybridized carbons (Fsp3) is 0.900. The zero-order valence-electron chi connectivity index (χ0n) is 8.82. The second kappa shape index (κ2) is 3.21. The number of ether oxygens (including phenoxy) is 1. The molecule has 0 aromatic rings. The minimum Gasteiger partial charge on any atom is -0.358 e. The second-order valence-electron chi connectivity index (χ2n) is 5.06. The molecule has 2 rings (SSSR count). The largest absolute Gasteiger partial charge is 0.358 e. The summed E-state index contributed by atoms with van der Waals surface area (Å²) >= 11 is 0. The Labute approximate surface area is 84.4 Å². The monoisotopic (exact) mass is 198 g/mol. The molecule has 2 saturated heterocycles. The van der Waals surface area contributed by atoms with Gasteiger partial charge in [0.05, 0.1) is 12.6 Å². The lowest BCUT2D eigenvalue weighted by Gasteiger charge is -2.23. The first-order valence-corrected chi connectivity index (χ1v) is 5.17. The number of rotatable bonds is 0. The fourth-order valence-corrected chi connectivity index (χ4v) is 2.25. The van der Waals surface area contributed by atoms with E-state index >= 15 is 0 Å². The number of fused-ring (bicyclic) bond motifs is 1. The van der Waals surface area contributed by atoms with Gasteiger partial charge in [0.25, 0.3) is 0 Å². The first-order valence-electron chi connectivity index (χ1n) is 5.17. The van der Waals surface area contributed by atoms with E-state index in [1.165, 1.54) is 0 Å². The highest BCUT2D eigenvalue weighted by molar-refractivity contribution is 5.82. The van der Waals surface area contributed by atoms with Gasteiger partial charge in [-0.05, 0) is 18.3 Å². The molecule has 0 bridgehead atoms. The van der Waals surface area contributed by atoms with E-state index in [4.69, 9.17) is 10.5 Å². The van der Waals surface area contributed by atoms with Gasteiger partial charge in [0.1, 0.15) is 6.23 Å². The van der Waals surface area contributed by atoms with E-state index in [9.17, 15) is 4.79 Å². The maximum absolute atomic E-state index is 11.8. The first kappa shape index (κ1) is 9.93. The van der Waals surface area contributed by atoms with Crippen LogP contribution >= 0.6 is 0 Å². The van der Waals surface area contributed by atoms with Gasteiger partial charge in [-0.15, -0.1) is 0 Å². The summed E-state index contributed by atoms with van der Waals surface area (Å²) in [6.07, 6.45) is 1.53. The number of amides is 1. The third-order valence-electron chi connectivity index (χ3n) is 3.01. The average Bonchev–Trinajstić information content (AvgIpc) is 2.33. The molecule has 2 aliphatic heterocycles. The minimum absolute atomic E-state index is 0.0361. The van der Waals surface area contributed by atoms with Crippen LogP contribution < -0.4 is 5.73 Å². The number of hydrogen-bond donors (Lipinski definition) is 1. The Hall–Kier alpha value is -0.610. The Balaban J connectivity index is 2.17. The number of hydrogen-bond acceptors (Lipinski definition) is 3. The average molecular weight is 198 g/mol. The Kier molecular flexibility index (Phi) is 2.27. The molecule has 0 aromatic heterocycles. The van der Waals surface area contributed by atoms with Gasteiger partial charge in [-0.25, -0.2) is 0 Å². The maximum atomic E-state index is 11.8. The van der Waals surface area contributed by atoms with Gasteiger partial charge < -0.3 is 15.4 Å². The molecule has 0 spiro atoms. The van der Waals surface area contributed by atoms with E-state index in [0.29, 0.717) is 13.0 Å². The van der Waals surface area contributed by atoms with E-state index in [-0.39, 0.29) is 23.6 Å². The van der Waals surface area contributed by atoms with Crippen LogP contribution in [0.1, 0.15) is 26.7 Å². The van der Waals surface area contributed by atoms with Gasteiger partial charge in [0, 0.05) is 6.54 Å². The van der Waals surface area contributed by atoms with Gasteiger partial charge in [-0.2, -0.15) is 0 Å². The van der Waals surface area contributed by atoms with Crippen molar-refractivity contribution in [3.05, 3.63) is 0 Å². The summed E-state index contributed by atoms with van der Waals surface area (Å²) in [5, 5.41) is 0. The fourth-order valence-electron chi connectivity index (χ4n) is 2.25. The van der Waals surface area contributed by atoms with E-state index in [0.717, 1.165) is 13.0 Å². The van der Waals surface area contributed by atoms with E-state index in [1.54, 1.807) is 4.90 Å². The predicted octanol–water partition coefficient (Wildman–Crippen LogP) is 0.319. The summed E-state index contributed by atoms with van der Waals surface area (Å²) in [6, 6.07) is -0.367. The van der Waals surface area contributed by atoms with Crippen LogP contribution in [0.4, 0.5) is 0 Å². The molecule has 1 amide bonds. The molecule has 4 nitrogen and oxygen atoms in total.